The topological polar surface area (TPSA) is 84.7 Å². The average Bonchev–Trinajstić information content (AvgIpc) is 2.27. The molecule has 0 spiro atoms. The average molecular weight is 254 g/mol. The number of hydrogen-bond donors (Lipinski definition) is 2. The molecule has 1 rings (SSSR count). The number of hydrogen-bond acceptors (Lipinski definition) is 6. The maximum Gasteiger partial charge on any atom is 0.494 e. The summed E-state index contributed by atoms with van der Waals surface area (Å²) in [4.78, 5) is 7.75. The lowest BCUT2D eigenvalue weighted by Gasteiger charge is -2.38. The van der Waals surface area contributed by atoms with Gasteiger partial charge in [-0.3, -0.25) is 0 Å². The van der Waals surface area contributed by atoms with E-state index in [0.717, 1.165) is 0 Å². The molecule has 0 amide bonds. The molecule has 18 heavy (non-hydrogen) atoms. The van der Waals surface area contributed by atoms with E-state index in [2.05, 4.69) is 9.97 Å². The molecule has 0 bridgehead atoms. The summed E-state index contributed by atoms with van der Waals surface area (Å²) in [5.74, 6) is 0. The minimum Gasteiger partial charge on any atom is -0.467 e. The van der Waals surface area contributed by atoms with Crippen LogP contribution in [-0.2, 0) is 4.65 Å². The van der Waals surface area contributed by atoms with Crippen LogP contribution in [0.3, 0.4) is 0 Å². The zero-order valence-corrected chi connectivity index (χ0v) is 11.3. The Bertz CT molecular complexity index is 389. The highest BCUT2D eigenvalue weighted by atomic mass is 16.5. The fourth-order valence-corrected chi connectivity index (χ4v) is 1.05. The highest BCUT2D eigenvalue weighted by molar-refractivity contribution is 6.59. The lowest BCUT2D eigenvalue weighted by molar-refractivity contribution is -0.0982. The highest BCUT2D eigenvalue weighted by Gasteiger charge is 2.39. The molecular formula is C11H19BN2O4. The van der Waals surface area contributed by atoms with Crippen LogP contribution < -0.4 is 10.2 Å². The van der Waals surface area contributed by atoms with Crippen molar-refractivity contribution in [2.24, 2.45) is 0 Å². The number of nitrogens with zero attached hydrogens (tertiary/aromatic N) is 2. The molecule has 1 aromatic rings. The van der Waals surface area contributed by atoms with Crippen molar-refractivity contribution in [3.05, 3.63) is 12.4 Å². The van der Waals surface area contributed by atoms with Crippen LogP contribution >= 0.6 is 0 Å². The molecule has 0 aliphatic carbocycles. The summed E-state index contributed by atoms with van der Waals surface area (Å²) < 4.78 is 10.3. The fourth-order valence-electron chi connectivity index (χ4n) is 1.05. The van der Waals surface area contributed by atoms with Crippen molar-refractivity contribution in [3.63, 3.8) is 0 Å². The SMILES string of the molecule is COc1ncc(B(O)OC(C)(C)C(C)(C)O)cn1. The molecule has 2 N–H and O–H groups in total. The Morgan fingerprint density at radius 2 is 1.67 bits per heavy atom. The van der Waals surface area contributed by atoms with Gasteiger partial charge in [-0.15, -0.1) is 0 Å². The highest BCUT2D eigenvalue weighted by Crippen LogP contribution is 2.25. The van der Waals surface area contributed by atoms with Gasteiger partial charge in [-0.1, -0.05) is 0 Å². The van der Waals surface area contributed by atoms with Crippen molar-refractivity contribution in [1.29, 1.82) is 0 Å². The van der Waals surface area contributed by atoms with Crippen molar-refractivity contribution in [2.45, 2.75) is 38.9 Å². The third-order valence-corrected chi connectivity index (χ3v) is 3.00. The van der Waals surface area contributed by atoms with Gasteiger partial charge in [0.1, 0.15) is 0 Å². The van der Waals surface area contributed by atoms with Gasteiger partial charge in [0.05, 0.1) is 18.3 Å². The molecule has 0 aliphatic heterocycles. The fraction of sp³-hybridized carbons (Fsp3) is 0.636. The Morgan fingerprint density at radius 1 is 1.17 bits per heavy atom. The van der Waals surface area contributed by atoms with Crippen molar-refractivity contribution in [3.8, 4) is 6.01 Å². The molecule has 0 aliphatic rings. The largest absolute Gasteiger partial charge is 0.494 e. The summed E-state index contributed by atoms with van der Waals surface area (Å²) in [6, 6.07) is 0.215. The van der Waals surface area contributed by atoms with Gasteiger partial charge in [-0.25, -0.2) is 9.97 Å². The molecule has 0 radical (unpaired) electrons. The summed E-state index contributed by atoms with van der Waals surface area (Å²) in [5.41, 5.74) is -1.62. The molecule has 0 aromatic carbocycles. The number of rotatable bonds is 5. The number of aromatic nitrogens is 2. The molecular weight excluding hydrogens is 235 g/mol. The van der Waals surface area contributed by atoms with E-state index < -0.39 is 18.3 Å². The van der Waals surface area contributed by atoms with E-state index in [1.165, 1.54) is 19.5 Å². The Kier molecular flexibility index (Phi) is 4.31. The second-order valence-electron chi connectivity index (χ2n) is 5.04. The molecule has 0 fully saturated rings. The molecule has 1 heterocycles. The predicted octanol–water partition coefficient (Wildman–Crippen LogP) is -0.261. The molecule has 100 valence electrons. The molecule has 0 unspecified atom stereocenters. The summed E-state index contributed by atoms with van der Waals surface area (Å²) in [6.45, 7) is 6.62. The van der Waals surface area contributed by atoms with Gasteiger partial charge in [0.2, 0.25) is 0 Å². The van der Waals surface area contributed by atoms with Gasteiger partial charge < -0.3 is 19.5 Å². The quantitative estimate of drug-likeness (QED) is 0.704. The Labute approximate surface area is 107 Å². The van der Waals surface area contributed by atoms with Crippen LogP contribution in [0.5, 0.6) is 6.01 Å². The molecule has 0 saturated heterocycles. The first-order valence-corrected chi connectivity index (χ1v) is 5.61. The maximum absolute atomic E-state index is 9.94. The minimum absolute atomic E-state index is 0.215. The van der Waals surface area contributed by atoms with Gasteiger partial charge >= 0.3 is 13.1 Å². The molecule has 0 atom stereocenters. The standard InChI is InChI=1S/C11H19BN2O4/c1-10(2,15)11(3,4)18-12(16)8-6-13-9(17-5)14-7-8/h6-7,15-16H,1-5H3. The van der Waals surface area contributed by atoms with Crippen molar-refractivity contribution >= 4 is 12.6 Å². The second kappa shape index (κ2) is 5.21. The first kappa shape index (κ1) is 14.9. The zero-order valence-electron chi connectivity index (χ0n) is 11.3. The van der Waals surface area contributed by atoms with Gasteiger partial charge in [0, 0.05) is 17.9 Å². The van der Waals surface area contributed by atoms with E-state index in [9.17, 15) is 10.1 Å². The van der Waals surface area contributed by atoms with E-state index in [1.807, 2.05) is 0 Å². The first-order valence-electron chi connectivity index (χ1n) is 5.61. The smallest absolute Gasteiger partial charge is 0.467 e. The second-order valence-corrected chi connectivity index (χ2v) is 5.04. The van der Waals surface area contributed by atoms with Crippen molar-refractivity contribution in [2.75, 3.05) is 7.11 Å². The predicted molar refractivity (Wildman–Crippen MR) is 67.7 cm³/mol. The van der Waals surface area contributed by atoms with Gasteiger partial charge in [0.15, 0.2) is 0 Å². The molecule has 7 heteroatoms. The third kappa shape index (κ3) is 3.41. The number of ether oxygens (including phenoxy) is 1. The Hall–Kier alpha value is -1.18. The van der Waals surface area contributed by atoms with Gasteiger partial charge in [-0.2, -0.15) is 0 Å². The van der Waals surface area contributed by atoms with Crippen LogP contribution in [0.4, 0.5) is 0 Å². The lowest BCUT2D eigenvalue weighted by Crippen LogP contribution is -2.53. The van der Waals surface area contributed by atoms with E-state index >= 15 is 0 Å². The summed E-state index contributed by atoms with van der Waals surface area (Å²) in [7, 11) is 0.247. The van der Waals surface area contributed by atoms with Crippen LogP contribution in [0.25, 0.3) is 0 Å². The van der Waals surface area contributed by atoms with Crippen molar-refractivity contribution in [1.82, 2.24) is 9.97 Å². The zero-order chi connectivity index (χ0) is 14.0. The monoisotopic (exact) mass is 254 g/mol. The molecule has 1 aromatic heterocycles. The van der Waals surface area contributed by atoms with Crippen LogP contribution in [-0.4, -0.2) is 45.5 Å². The Balaban J connectivity index is 2.78. The normalized spacial score (nSPS) is 12.4. The lowest BCUT2D eigenvalue weighted by atomic mass is 9.78. The van der Waals surface area contributed by atoms with Crippen LogP contribution in [0.2, 0.25) is 0 Å². The summed E-state index contributed by atoms with van der Waals surface area (Å²) in [6.07, 6.45) is 2.83. The number of aliphatic hydroxyl groups is 1. The van der Waals surface area contributed by atoms with Crippen molar-refractivity contribution < 1.29 is 19.5 Å². The van der Waals surface area contributed by atoms with Gasteiger partial charge in [0.25, 0.3) is 0 Å². The van der Waals surface area contributed by atoms with E-state index in [-0.39, 0.29) is 6.01 Å². The summed E-state index contributed by atoms with van der Waals surface area (Å²) >= 11 is 0. The first-order chi connectivity index (χ1) is 8.17. The van der Waals surface area contributed by atoms with E-state index in [0.29, 0.717) is 5.46 Å². The van der Waals surface area contributed by atoms with Gasteiger partial charge in [-0.05, 0) is 27.7 Å². The summed E-state index contributed by atoms with van der Waals surface area (Å²) in [5, 5.41) is 19.9. The third-order valence-electron chi connectivity index (χ3n) is 3.00. The molecule has 0 saturated carbocycles. The van der Waals surface area contributed by atoms with Crippen LogP contribution in [0.15, 0.2) is 12.4 Å². The molecule has 6 nitrogen and oxygen atoms in total. The Morgan fingerprint density at radius 3 is 2.06 bits per heavy atom. The maximum atomic E-state index is 9.94. The number of methoxy groups -OCH3 is 1. The van der Waals surface area contributed by atoms with Crippen LogP contribution in [0, 0.1) is 0 Å². The minimum atomic E-state index is -1.21. The van der Waals surface area contributed by atoms with E-state index in [1.54, 1.807) is 27.7 Å². The van der Waals surface area contributed by atoms with E-state index in [4.69, 9.17) is 9.39 Å². The van der Waals surface area contributed by atoms with Crippen LogP contribution in [0.1, 0.15) is 27.7 Å².